The fourth-order valence-electron chi connectivity index (χ4n) is 3.38. The van der Waals surface area contributed by atoms with Crippen LogP contribution in [0.25, 0.3) is 11.0 Å². The van der Waals surface area contributed by atoms with Gasteiger partial charge in [-0.1, -0.05) is 17.7 Å². The monoisotopic (exact) mass is 465 g/mol. The summed E-state index contributed by atoms with van der Waals surface area (Å²) in [5.41, 5.74) is 1.36. The van der Waals surface area contributed by atoms with Crippen molar-refractivity contribution in [2.24, 2.45) is 0 Å². The minimum absolute atomic E-state index is 0.0214. The molecular formula is C24H20FN3O4S. The van der Waals surface area contributed by atoms with E-state index in [1.165, 1.54) is 47.0 Å². The molecule has 33 heavy (non-hydrogen) atoms. The number of nitrogens with zero attached hydrogens (tertiary/aromatic N) is 2. The Bertz CT molecular complexity index is 1530. The standard InChI is InChI=1S/C24H20FN3O4S/c1-15-3-10-19(11-4-15)33(31,32)21-13-28(24-20(23(21)30)12-5-16(2)26-24)14-22(29)27-18-8-6-17(25)7-9-18/h3-13H,14H2,1-2H3,(H,27,29). The lowest BCUT2D eigenvalue weighted by atomic mass is 10.2. The zero-order valence-electron chi connectivity index (χ0n) is 17.9. The molecule has 0 aliphatic rings. The Morgan fingerprint density at radius 1 is 1.00 bits per heavy atom. The number of carbonyl (C=O) groups is 1. The van der Waals surface area contributed by atoms with E-state index < -0.39 is 31.9 Å². The van der Waals surface area contributed by atoms with Crippen LogP contribution in [0, 0.1) is 19.7 Å². The number of fused-ring (bicyclic) bond motifs is 1. The van der Waals surface area contributed by atoms with E-state index in [4.69, 9.17) is 0 Å². The van der Waals surface area contributed by atoms with Gasteiger partial charge in [0.05, 0.1) is 10.3 Å². The van der Waals surface area contributed by atoms with Crippen LogP contribution in [0.3, 0.4) is 0 Å². The number of aryl methyl sites for hydroxylation is 2. The molecule has 2 aromatic carbocycles. The van der Waals surface area contributed by atoms with Gasteiger partial charge in [0.2, 0.25) is 21.2 Å². The molecule has 168 valence electrons. The van der Waals surface area contributed by atoms with Gasteiger partial charge in [0, 0.05) is 17.6 Å². The summed E-state index contributed by atoms with van der Waals surface area (Å²) in [5, 5.41) is 2.71. The van der Waals surface area contributed by atoms with E-state index in [9.17, 15) is 22.4 Å². The Morgan fingerprint density at radius 2 is 1.67 bits per heavy atom. The van der Waals surface area contributed by atoms with Crippen LogP contribution in [0.5, 0.6) is 0 Å². The average molecular weight is 466 g/mol. The molecular weight excluding hydrogens is 445 g/mol. The lowest BCUT2D eigenvalue weighted by molar-refractivity contribution is -0.116. The van der Waals surface area contributed by atoms with Crippen LogP contribution in [-0.4, -0.2) is 23.9 Å². The van der Waals surface area contributed by atoms with Gasteiger partial charge in [0.25, 0.3) is 0 Å². The third-order valence-electron chi connectivity index (χ3n) is 5.09. The number of halogens is 1. The van der Waals surface area contributed by atoms with Gasteiger partial charge in [0.1, 0.15) is 22.9 Å². The van der Waals surface area contributed by atoms with Crippen LogP contribution in [0.2, 0.25) is 0 Å². The van der Waals surface area contributed by atoms with E-state index in [-0.39, 0.29) is 22.5 Å². The highest BCUT2D eigenvalue weighted by atomic mass is 32.2. The Morgan fingerprint density at radius 3 is 2.33 bits per heavy atom. The van der Waals surface area contributed by atoms with E-state index in [0.717, 1.165) is 11.8 Å². The van der Waals surface area contributed by atoms with Crippen molar-refractivity contribution in [3.63, 3.8) is 0 Å². The maximum atomic E-state index is 13.3. The summed E-state index contributed by atoms with van der Waals surface area (Å²) in [6, 6.07) is 14.5. The fraction of sp³-hybridized carbons (Fsp3) is 0.125. The molecule has 0 spiro atoms. The van der Waals surface area contributed by atoms with E-state index in [1.807, 2.05) is 6.92 Å². The van der Waals surface area contributed by atoms with E-state index in [0.29, 0.717) is 11.4 Å². The van der Waals surface area contributed by atoms with Crippen molar-refractivity contribution in [2.45, 2.75) is 30.2 Å². The average Bonchev–Trinajstić information content (AvgIpc) is 2.77. The van der Waals surface area contributed by atoms with Crippen molar-refractivity contribution in [2.75, 3.05) is 5.32 Å². The Hall–Kier alpha value is -3.85. The van der Waals surface area contributed by atoms with Crippen LogP contribution in [0.4, 0.5) is 10.1 Å². The topological polar surface area (TPSA) is 98.1 Å². The number of anilines is 1. The van der Waals surface area contributed by atoms with E-state index in [2.05, 4.69) is 10.3 Å². The van der Waals surface area contributed by atoms with Crippen LogP contribution < -0.4 is 10.7 Å². The molecule has 2 aromatic heterocycles. The number of carbonyl (C=O) groups excluding carboxylic acids is 1. The highest BCUT2D eigenvalue weighted by molar-refractivity contribution is 7.91. The molecule has 0 atom stereocenters. The molecule has 0 aliphatic heterocycles. The van der Waals surface area contributed by atoms with Crippen molar-refractivity contribution < 1.29 is 17.6 Å². The molecule has 0 saturated carbocycles. The molecule has 0 radical (unpaired) electrons. The van der Waals surface area contributed by atoms with Crippen LogP contribution in [0.15, 0.2) is 81.4 Å². The number of aromatic nitrogens is 2. The fourth-order valence-corrected chi connectivity index (χ4v) is 4.75. The second kappa shape index (κ2) is 8.59. The lowest BCUT2D eigenvalue weighted by Gasteiger charge is -2.14. The van der Waals surface area contributed by atoms with Crippen molar-refractivity contribution in [3.8, 4) is 0 Å². The molecule has 0 bridgehead atoms. The number of benzene rings is 2. The first kappa shape index (κ1) is 22.3. The molecule has 0 fully saturated rings. The molecule has 4 rings (SSSR count). The van der Waals surface area contributed by atoms with Crippen LogP contribution in [-0.2, 0) is 21.2 Å². The second-order valence-corrected chi connectivity index (χ2v) is 9.56. The largest absolute Gasteiger partial charge is 0.325 e. The molecule has 0 saturated heterocycles. The maximum absolute atomic E-state index is 13.3. The normalized spacial score (nSPS) is 11.5. The van der Waals surface area contributed by atoms with Gasteiger partial charge in [-0.05, 0) is 62.4 Å². The van der Waals surface area contributed by atoms with Gasteiger partial charge in [-0.15, -0.1) is 0 Å². The summed E-state index contributed by atoms with van der Waals surface area (Å²) < 4.78 is 41.0. The van der Waals surface area contributed by atoms with E-state index >= 15 is 0 Å². The minimum atomic E-state index is -4.14. The van der Waals surface area contributed by atoms with E-state index in [1.54, 1.807) is 25.1 Å². The summed E-state index contributed by atoms with van der Waals surface area (Å²) in [7, 11) is -4.14. The molecule has 0 unspecified atom stereocenters. The van der Waals surface area contributed by atoms with Crippen molar-refractivity contribution in [1.82, 2.24) is 9.55 Å². The SMILES string of the molecule is Cc1ccc(S(=O)(=O)c2cn(CC(=O)Nc3ccc(F)cc3)c3nc(C)ccc3c2=O)cc1. The quantitative estimate of drug-likeness (QED) is 0.485. The van der Waals surface area contributed by atoms with Crippen LogP contribution >= 0.6 is 0 Å². The zero-order valence-corrected chi connectivity index (χ0v) is 18.7. The first-order valence-electron chi connectivity index (χ1n) is 10.0. The van der Waals surface area contributed by atoms with Gasteiger partial charge < -0.3 is 9.88 Å². The minimum Gasteiger partial charge on any atom is -0.325 e. The lowest BCUT2D eigenvalue weighted by Crippen LogP contribution is -2.24. The predicted octanol–water partition coefficient (Wildman–Crippen LogP) is 3.62. The second-order valence-electron chi connectivity index (χ2n) is 7.65. The smallest absolute Gasteiger partial charge is 0.244 e. The molecule has 9 heteroatoms. The molecule has 0 aliphatic carbocycles. The third kappa shape index (κ3) is 4.54. The first-order chi connectivity index (χ1) is 15.6. The zero-order chi connectivity index (χ0) is 23.8. The summed E-state index contributed by atoms with van der Waals surface area (Å²) in [5.74, 6) is -0.932. The van der Waals surface area contributed by atoms with Gasteiger partial charge in [-0.3, -0.25) is 9.59 Å². The number of sulfone groups is 1. The Balaban J connectivity index is 1.81. The summed E-state index contributed by atoms with van der Waals surface area (Å²) in [6.45, 7) is 3.25. The predicted molar refractivity (Wildman–Crippen MR) is 122 cm³/mol. The van der Waals surface area contributed by atoms with Crippen LogP contribution in [0.1, 0.15) is 11.3 Å². The summed E-state index contributed by atoms with van der Waals surface area (Å²) in [6.07, 6.45) is 1.15. The molecule has 1 N–H and O–H groups in total. The molecule has 1 amide bonds. The number of hydrogen-bond donors (Lipinski definition) is 1. The number of amides is 1. The highest BCUT2D eigenvalue weighted by Gasteiger charge is 2.24. The molecule has 7 nitrogen and oxygen atoms in total. The first-order valence-corrected chi connectivity index (χ1v) is 11.5. The Kier molecular flexibility index (Phi) is 5.82. The summed E-state index contributed by atoms with van der Waals surface area (Å²) in [4.78, 5) is 29.7. The van der Waals surface area contributed by atoms with Gasteiger partial charge >= 0.3 is 0 Å². The number of rotatable bonds is 5. The Labute approximate surface area is 189 Å². The van der Waals surface area contributed by atoms with Gasteiger partial charge in [-0.25, -0.2) is 17.8 Å². The molecule has 4 aromatic rings. The third-order valence-corrected chi connectivity index (χ3v) is 6.85. The maximum Gasteiger partial charge on any atom is 0.244 e. The number of nitrogens with one attached hydrogen (secondary N) is 1. The van der Waals surface area contributed by atoms with Crippen molar-refractivity contribution in [1.29, 1.82) is 0 Å². The van der Waals surface area contributed by atoms with Crippen molar-refractivity contribution >= 4 is 32.5 Å². The number of hydrogen-bond acceptors (Lipinski definition) is 5. The molecule has 2 heterocycles. The summed E-state index contributed by atoms with van der Waals surface area (Å²) >= 11 is 0. The van der Waals surface area contributed by atoms with Gasteiger partial charge in [0.15, 0.2) is 0 Å². The van der Waals surface area contributed by atoms with Crippen molar-refractivity contribution in [3.05, 3.63) is 94.2 Å². The number of pyridine rings is 2. The highest BCUT2D eigenvalue weighted by Crippen LogP contribution is 2.21. The van der Waals surface area contributed by atoms with Gasteiger partial charge in [-0.2, -0.15) is 0 Å².